The smallest absolute Gasteiger partial charge is 0.255 e. The molecule has 148 valence electrons. The molecule has 0 bridgehead atoms. The van der Waals surface area contributed by atoms with E-state index in [0.717, 1.165) is 4.47 Å². The summed E-state index contributed by atoms with van der Waals surface area (Å²) in [7, 11) is 0. The van der Waals surface area contributed by atoms with Gasteiger partial charge < -0.3 is 20.8 Å². The number of carbonyl (C=O) groups excluding carboxylic acids is 2. The lowest BCUT2D eigenvalue weighted by molar-refractivity contribution is 0.0913. The zero-order chi connectivity index (χ0) is 20.8. The molecule has 2 amide bonds. The number of halogens is 1. The molecule has 0 saturated heterocycles. The molecule has 0 aliphatic heterocycles. The number of phenolic OH excluding ortho intramolecular Hbond substituents is 1. The fourth-order valence-corrected chi connectivity index (χ4v) is 3.11. The average molecular weight is 455 g/mol. The third-order valence-corrected chi connectivity index (χ3v) is 4.72. The maximum atomic E-state index is 12.3. The van der Waals surface area contributed by atoms with Gasteiger partial charge >= 0.3 is 0 Å². The number of hydrogen-bond donors (Lipinski definition) is 4. The van der Waals surface area contributed by atoms with Crippen LogP contribution in [0.1, 0.15) is 32.4 Å². The van der Waals surface area contributed by atoms with Crippen molar-refractivity contribution in [1.29, 1.82) is 0 Å². The van der Waals surface area contributed by atoms with Gasteiger partial charge in [-0.3, -0.25) is 9.59 Å². The second-order valence-corrected chi connectivity index (χ2v) is 7.25. The van der Waals surface area contributed by atoms with Crippen molar-refractivity contribution in [3.63, 3.8) is 0 Å². The van der Waals surface area contributed by atoms with Gasteiger partial charge in [0.05, 0.1) is 11.7 Å². The third kappa shape index (κ3) is 5.43. The monoisotopic (exact) mass is 454 g/mol. The Morgan fingerprint density at radius 2 is 1.69 bits per heavy atom. The summed E-state index contributed by atoms with van der Waals surface area (Å²) in [5, 5.41) is 25.6. The number of phenols is 1. The zero-order valence-electron chi connectivity index (χ0n) is 15.3. The molecule has 7 heteroatoms. The van der Waals surface area contributed by atoms with E-state index in [2.05, 4.69) is 26.6 Å². The van der Waals surface area contributed by atoms with Crippen LogP contribution in [-0.2, 0) is 0 Å². The number of benzene rings is 3. The van der Waals surface area contributed by atoms with Crippen LogP contribution in [0.4, 0.5) is 5.69 Å². The Morgan fingerprint density at radius 1 is 0.931 bits per heavy atom. The molecular formula is C22H19BrN2O4. The van der Waals surface area contributed by atoms with Gasteiger partial charge in [0, 0.05) is 28.3 Å². The lowest BCUT2D eigenvalue weighted by Crippen LogP contribution is -2.28. The maximum Gasteiger partial charge on any atom is 0.255 e. The first kappa shape index (κ1) is 20.6. The normalized spacial score (nSPS) is 11.5. The van der Waals surface area contributed by atoms with Gasteiger partial charge in [-0.25, -0.2) is 0 Å². The number of aliphatic hydroxyl groups excluding tert-OH is 1. The SMILES string of the molecule is O=C(Nc1ccc(C(=O)NCC(O)c2ccccc2)c(O)c1)c1cccc(Br)c1. The van der Waals surface area contributed by atoms with Gasteiger partial charge in [0.1, 0.15) is 5.75 Å². The molecule has 0 heterocycles. The molecule has 6 nitrogen and oxygen atoms in total. The average Bonchev–Trinajstić information content (AvgIpc) is 2.72. The zero-order valence-corrected chi connectivity index (χ0v) is 16.9. The van der Waals surface area contributed by atoms with Gasteiger partial charge in [-0.2, -0.15) is 0 Å². The van der Waals surface area contributed by atoms with Crippen LogP contribution in [0.25, 0.3) is 0 Å². The van der Waals surface area contributed by atoms with Gasteiger partial charge in [0.2, 0.25) is 0 Å². The molecule has 0 aromatic heterocycles. The predicted octanol–water partition coefficient (Wildman–Crippen LogP) is 3.87. The van der Waals surface area contributed by atoms with E-state index in [0.29, 0.717) is 16.8 Å². The van der Waals surface area contributed by atoms with Crippen LogP contribution in [0.2, 0.25) is 0 Å². The molecule has 4 N–H and O–H groups in total. The van der Waals surface area contributed by atoms with E-state index in [9.17, 15) is 19.8 Å². The lowest BCUT2D eigenvalue weighted by atomic mass is 10.1. The van der Waals surface area contributed by atoms with E-state index in [1.54, 1.807) is 42.5 Å². The van der Waals surface area contributed by atoms with Crippen LogP contribution in [0, 0.1) is 0 Å². The van der Waals surface area contributed by atoms with Crippen LogP contribution in [0.15, 0.2) is 77.3 Å². The first-order valence-electron chi connectivity index (χ1n) is 8.85. The van der Waals surface area contributed by atoms with Gasteiger partial charge in [0.25, 0.3) is 11.8 Å². The highest BCUT2D eigenvalue weighted by molar-refractivity contribution is 9.10. The number of nitrogens with one attached hydrogen (secondary N) is 2. The Hall–Kier alpha value is -3.16. The number of hydrogen-bond acceptors (Lipinski definition) is 4. The summed E-state index contributed by atoms with van der Waals surface area (Å²) in [6.45, 7) is 0.00363. The second-order valence-electron chi connectivity index (χ2n) is 6.33. The minimum atomic E-state index is -0.856. The predicted molar refractivity (Wildman–Crippen MR) is 114 cm³/mol. The summed E-state index contributed by atoms with van der Waals surface area (Å²) in [6, 6.07) is 20.1. The number of amides is 2. The van der Waals surface area contributed by atoms with Crippen molar-refractivity contribution in [1.82, 2.24) is 5.32 Å². The van der Waals surface area contributed by atoms with Gasteiger partial charge in [0.15, 0.2) is 0 Å². The van der Waals surface area contributed by atoms with Crippen LogP contribution < -0.4 is 10.6 Å². The van der Waals surface area contributed by atoms with E-state index in [-0.39, 0.29) is 23.8 Å². The highest BCUT2D eigenvalue weighted by atomic mass is 79.9. The summed E-state index contributed by atoms with van der Waals surface area (Å²) in [5.74, 6) is -1.14. The minimum Gasteiger partial charge on any atom is -0.507 e. The number of anilines is 1. The molecule has 1 atom stereocenters. The summed E-state index contributed by atoms with van der Waals surface area (Å²) in [5.41, 5.74) is 1.54. The van der Waals surface area contributed by atoms with E-state index in [4.69, 9.17) is 0 Å². The lowest BCUT2D eigenvalue weighted by Gasteiger charge is -2.13. The van der Waals surface area contributed by atoms with Crippen molar-refractivity contribution < 1.29 is 19.8 Å². The summed E-state index contributed by atoms with van der Waals surface area (Å²) in [6.07, 6.45) is -0.856. The summed E-state index contributed by atoms with van der Waals surface area (Å²) in [4.78, 5) is 24.6. The molecule has 0 saturated carbocycles. The first-order chi connectivity index (χ1) is 13.9. The van der Waals surface area contributed by atoms with Crippen molar-refractivity contribution >= 4 is 33.4 Å². The van der Waals surface area contributed by atoms with Crippen LogP contribution in [0.3, 0.4) is 0 Å². The van der Waals surface area contributed by atoms with Crippen molar-refractivity contribution in [2.24, 2.45) is 0 Å². The van der Waals surface area contributed by atoms with E-state index in [1.807, 2.05) is 12.1 Å². The van der Waals surface area contributed by atoms with Crippen molar-refractivity contribution in [2.75, 3.05) is 11.9 Å². The summed E-state index contributed by atoms with van der Waals surface area (Å²) >= 11 is 3.31. The quantitative estimate of drug-likeness (QED) is 0.454. The molecule has 0 spiro atoms. The Balaban J connectivity index is 1.62. The molecule has 0 fully saturated rings. The van der Waals surface area contributed by atoms with E-state index in [1.165, 1.54) is 18.2 Å². The highest BCUT2D eigenvalue weighted by Gasteiger charge is 2.15. The molecule has 0 radical (unpaired) electrons. The number of aliphatic hydroxyl groups is 1. The Morgan fingerprint density at radius 3 is 2.38 bits per heavy atom. The molecule has 0 aliphatic carbocycles. The fourth-order valence-electron chi connectivity index (χ4n) is 2.71. The molecule has 1 unspecified atom stereocenters. The second kappa shape index (κ2) is 9.36. The first-order valence-corrected chi connectivity index (χ1v) is 9.64. The van der Waals surface area contributed by atoms with Gasteiger partial charge in [-0.15, -0.1) is 0 Å². The Kier molecular flexibility index (Phi) is 6.64. The molecule has 0 aliphatic rings. The number of carbonyl (C=O) groups is 2. The largest absolute Gasteiger partial charge is 0.507 e. The Bertz CT molecular complexity index is 1020. The van der Waals surface area contributed by atoms with Crippen LogP contribution in [0.5, 0.6) is 5.75 Å². The standard InChI is InChI=1S/C22H19BrN2O4/c23-16-8-4-7-15(11-16)21(28)25-17-9-10-18(19(26)12-17)22(29)24-13-20(27)14-5-2-1-3-6-14/h1-12,20,26-27H,13H2,(H,24,29)(H,25,28). The number of aromatic hydroxyl groups is 1. The van der Waals surface area contributed by atoms with Gasteiger partial charge in [-0.05, 0) is 35.9 Å². The van der Waals surface area contributed by atoms with Crippen molar-refractivity contribution in [3.05, 3.63) is 94.0 Å². The topological polar surface area (TPSA) is 98.7 Å². The summed E-state index contributed by atoms with van der Waals surface area (Å²) < 4.78 is 0.776. The van der Waals surface area contributed by atoms with Crippen LogP contribution in [-0.4, -0.2) is 28.6 Å². The molecule has 3 aromatic rings. The van der Waals surface area contributed by atoms with Crippen LogP contribution >= 0.6 is 15.9 Å². The fraction of sp³-hybridized carbons (Fsp3) is 0.0909. The van der Waals surface area contributed by atoms with Gasteiger partial charge in [-0.1, -0.05) is 52.3 Å². The molecule has 3 aromatic carbocycles. The van der Waals surface area contributed by atoms with Crippen molar-refractivity contribution in [3.8, 4) is 5.75 Å². The molecule has 3 rings (SSSR count). The highest BCUT2D eigenvalue weighted by Crippen LogP contribution is 2.23. The Labute approximate surface area is 176 Å². The maximum absolute atomic E-state index is 12.3. The van der Waals surface area contributed by atoms with E-state index < -0.39 is 12.0 Å². The molecule has 29 heavy (non-hydrogen) atoms. The van der Waals surface area contributed by atoms with Crippen molar-refractivity contribution in [2.45, 2.75) is 6.10 Å². The number of rotatable bonds is 6. The molecular weight excluding hydrogens is 436 g/mol. The third-order valence-electron chi connectivity index (χ3n) is 4.23. The minimum absolute atomic E-state index is 0.00363. The van der Waals surface area contributed by atoms with E-state index >= 15 is 0 Å².